The molecule has 0 aliphatic carbocycles. The van der Waals surface area contributed by atoms with Crippen LogP contribution in [-0.2, 0) is 0 Å². The molecule has 1 aromatic carbocycles. The van der Waals surface area contributed by atoms with Crippen LogP contribution in [0.25, 0.3) is 5.57 Å². The Bertz CT molecular complexity index is 342. The third-order valence-corrected chi connectivity index (χ3v) is 2.16. The first-order chi connectivity index (χ1) is 6.69. The Labute approximate surface area is 87.2 Å². The Kier molecular flexibility index (Phi) is 3.81. The number of methoxy groups -OCH3 is 1. The van der Waals surface area contributed by atoms with Crippen LogP contribution < -0.4 is 10.2 Å². The highest BCUT2D eigenvalue weighted by atomic mass is 16.5. The molecule has 0 amide bonds. The van der Waals surface area contributed by atoms with Crippen molar-refractivity contribution in [3.8, 4) is 5.75 Å². The van der Waals surface area contributed by atoms with E-state index in [0.717, 1.165) is 23.2 Å². The molecule has 0 N–H and O–H groups in total. The zero-order valence-corrected chi connectivity index (χ0v) is 9.00. The van der Waals surface area contributed by atoms with Gasteiger partial charge in [-0.1, -0.05) is 30.6 Å². The third-order valence-electron chi connectivity index (χ3n) is 2.16. The molecule has 0 aliphatic rings. The first-order valence-corrected chi connectivity index (χ1v) is 4.79. The van der Waals surface area contributed by atoms with Gasteiger partial charge in [0.25, 0.3) is 0 Å². The normalized spacial score (nSPS) is 11.5. The molecular weight excluding hydrogens is 171 g/mol. The van der Waals surface area contributed by atoms with Crippen molar-refractivity contribution in [2.24, 2.45) is 0 Å². The molecule has 1 rings (SSSR count). The summed E-state index contributed by atoms with van der Waals surface area (Å²) < 4.78 is 5.27. The van der Waals surface area contributed by atoms with Crippen molar-refractivity contribution in [2.45, 2.75) is 20.3 Å². The standard InChI is InChI=1S/C12H15BO/c1-4-5-9(2)11-7-6-10(13)8-12(11)14-3/h5-8H,4H2,1-3H3/b9-5-. The summed E-state index contributed by atoms with van der Waals surface area (Å²) in [5, 5.41) is 0. The number of hydrogen-bond acceptors (Lipinski definition) is 1. The summed E-state index contributed by atoms with van der Waals surface area (Å²) in [5.41, 5.74) is 3.07. The Balaban J connectivity index is 3.14. The minimum Gasteiger partial charge on any atom is -0.496 e. The smallest absolute Gasteiger partial charge is 0.125 e. The lowest BCUT2D eigenvalue weighted by atomic mass is 9.93. The number of benzene rings is 1. The van der Waals surface area contributed by atoms with Crippen LogP contribution in [0.4, 0.5) is 0 Å². The zero-order valence-electron chi connectivity index (χ0n) is 9.00. The van der Waals surface area contributed by atoms with Gasteiger partial charge in [-0.15, -0.1) is 0 Å². The van der Waals surface area contributed by atoms with E-state index in [1.165, 1.54) is 5.57 Å². The van der Waals surface area contributed by atoms with E-state index in [1.54, 1.807) is 7.11 Å². The van der Waals surface area contributed by atoms with Gasteiger partial charge < -0.3 is 4.74 Å². The van der Waals surface area contributed by atoms with E-state index in [2.05, 4.69) is 19.9 Å². The maximum atomic E-state index is 5.68. The number of hydrogen-bond donors (Lipinski definition) is 0. The van der Waals surface area contributed by atoms with Gasteiger partial charge in [0.1, 0.15) is 13.6 Å². The molecule has 0 atom stereocenters. The maximum Gasteiger partial charge on any atom is 0.125 e. The summed E-state index contributed by atoms with van der Waals surface area (Å²) in [6.07, 6.45) is 3.20. The van der Waals surface area contributed by atoms with Crippen LogP contribution in [0, 0.1) is 0 Å². The van der Waals surface area contributed by atoms with E-state index in [-0.39, 0.29) is 0 Å². The Morgan fingerprint density at radius 2 is 2.21 bits per heavy atom. The summed E-state index contributed by atoms with van der Waals surface area (Å²) in [4.78, 5) is 0. The van der Waals surface area contributed by atoms with Crippen molar-refractivity contribution in [2.75, 3.05) is 7.11 Å². The average molecular weight is 186 g/mol. The van der Waals surface area contributed by atoms with Crippen molar-refractivity contribution >= 4 is 18.9 Å². The maximum absolute atomic E-state index is 5.68. The molecule has 0 heterocycles. The van der Waals surface area contributed by atoms with Crippen molar-refractivity contribution in [3.63, 3.8) is 0 Å². The second-order valence-corrected chi connectivity index (χ2v) is 3.26. The van der Waals surface area contributed by atoms with Gasteiger partial charge in [-0.05, 0) is 25.0 Å². The van der Waals surface area contributed by atoms with Gasteiger partial charge >= 0.3 is 0 Å². The molecule has 0 aromatic heterocycles. The highest BCUT2D eigenvalue weighted by Gasteiger charge is 2.03. The Morgan fingerprint density at radius 1 is 1.50 bits per heavy atom. The minimum atomic E-state index is 0.731. The van der Waals surface area contributed by atoms with Crippen LogP contribution in [0.5, 0.6) is 5.75 Å². The first-order valence-electron chi connectivity index (χ1n) is 4.79. The highest BCUT2D eigenvalue weighted by Crippen LogP contribution is 2.24. The van der Waals surface area contributed by atoms with Crippen molar-refractivity contribution < 1.29 is 4.74 Å². The fourth-order valence-electron chi connectivity index (χ4n) is 1.45. The minimum absolute atomic E-state index is 0.731. The largest absolute Gasteiger partial charge is 0.496 e. The van der Waals surface area contributed by atoms with Crippen LogP contribution in [0.2, 0.25) is 0 Å². The Morgan fingerprint density at radius 3 is 2.79 bits per heavy atom. The molecule has 0 bridgehead atoms. The fourth-order valence-corrected chi connectivity index (χ4v) is 1.45. The first kappa shape index (κ1) is 10.9. The SMILES string of the molecule is [B]c1ccc(/C(C)=C\CC)c(OC)c1. The lowest BCUT2D eigenvalue weighted by molar-refractivity contribution is 0.414. The summed E-state index contributed by atoms with van der Waals surface area (Å²) >= 11 is 0. The summed E-state index contributed by atoms with van der Waals surface area (Å²) in [6.45, 7) is 4.20. The quantitative estimate of drug-likeness (QED) is 0.658. The summed E-state index contributed by atoms with van der Waals surface area (Å²) in [6, 6.07) is 5.74. The number of rotatable bonds is 3. The predicted molar refractivity (Wildman–Crippen MR) is 62.3 cm³/mol. The van der Waals surface area contributed by atoms with Crippen molar-refractivity contribution in [1.82, 2.24) is 0 Å². The highest BCUT2D eigenvalue weighted by molar-refractivity contribution is 6.32. The number of ether oxygens (including phenoxy) is 1. The average Bonchev–Trinajstić information content (AvgIpc) is 2.17. The number of allylic oxidation sites excluding steroid dienone is 2. The lowest BCUT2D eigenvalue weighted by Gasteiger charge is -2.09. The van der Waals surface area contributed by atoms with Crippen LogP contribution in [-0.4, -0.2) is 15.0 Å². The molecule has 0 unspecified atom stereocenters. The van der Waals surface area contributed by atoms with Gasteiger partial charge in [-0.2, -0.15) is 0 Å². The Hall–Kier alpha value is -1.18. The second-order valence-electron chi connectivity index (χ2n) is 3.26. The van der Waals surface area contributed by atoms with E-state index >= 15 is 0 Å². The van der Waals surface area contributed by atoms with E-state index in [4.69, 9.17) is 12.6 Å². The zero-order chi connectivity index (χ0) is 10.6. The topological polar surface area (TPSA) is 9.23 Å². The van der Waals surface area contributed by atoms with Gasteiger partial charge in [-0.25, -0.2) is 0 Å². The molecule has 1 aromatic rings. The van der Waals surface area contributed by atoms with Gasteiger partial charge in [0.05, 0.1) is 7.11 Å². The van der Waals surface area contributed by atoms with Gasteiger partial charge in [0.2, 0.25) is 0 Å². The molecule has 2 heteroatoms. The van der Waals surface area contributed by atoms with E-state index < -0.39 is 0 Å². The summed E-state index contributed by atoms with van der Waals surface area (Å²) in [5.74, 6) is 0.840. The molecule has 14 heavy (non-hydrogen) atoms. The summed E-state index contributed by atoms with van der Waals surface area (Å²) in [7, 11) is 7.34. The molecule has 2 radical (unpaired) electrons. The molecule has 1 nitrogen and oxygen atoms in total. The van der Waals surface area contributed by atoms with Gasteiger partial charge in [-0.3, -0.25) is 0 Å². The van der Waals surface area contributed by atoms with Crippen molar-refractivity contribution in [3.05, 3.63) is 29.8 Å². The molecular formula is C12H15BO. The van der Waals surface area contributed by atoms with E-state index in [9.17, 15) is 0 Å². The molecule has 0 saturated heterocycles. The van der Waals surface area contributed by atoms with Crippen LogP contribution in [0.3, 0.4) is 0 Å². The van der Waals surface area contributed by atoms with E-state index in [1.807, 2.05) is 18.2 Å². The fraction of sp³-hybridized carbons (Fsp3) is 0.333. The molecule has 72 valence electrons. The molecule has 0 spiro atoms. The van der Waals surface area contributed by atoms with Crippen LogP contribution in [0.1, 0.15) is 25.8 Å². The van der Waals surface area contributed by atoms with Gasteiger partial charge in [0, 0.05) is 5.56 Å². The molecule has 0 fully saturated rings. The van der Waals surface area contributed by atoms with Crippen LogP contribution >= 0.6 is 0 Å². The van der Waals surface area contributed by atoms with Gasteiger partial charge in [0.15, 0.2) is 0 Å². The van der Waals surface area contributed by atoms with Crippen molar-refractivity contribution in [1.29, 1.82) is 0 Å². The van der Waals surface area contributed by atoms with E-state index in [0.29, 0.717) is 0 Å². The molecule has 0 saturated carbocycles. The third kappa shape index (κ3) is 2.41. The molecule has 0 aliphatic heterocycles. The monoisotopic (exact) mass is 186 g/mol. The lowest BCUT2D eigenvalue weighted by Crippen LogP contribution is -2.03. The predicted octanol–water partition coefficient (Wildman–Crippen LogP) is 2.30. The van der Waals surface area contributed by atoms with Crippen LogP contribution in [0.15, 0.2) is 24.3 Å². The second kappa shape index (κ2) is 4.89.